The van der Waals surface area contributed by atoms with Crippen molar-refractivity contribution >= 4 is 34.7 Å². The summed E-state index contributed by atoms with van der Waals surface area (Å²) in [6.45, 7) is 0. The molecule has 0 fully saturated rings. The van der Waals surface area contributed by atoms with Gasteiger partial charge in [-0.25, -0.2) is 15.0 Å². The Morgan fingerprint density at radius 2 is 1.33 bits per heavy atom. The molecule has 3 N–H and O–H groups in total. The van der Waals surface area contributed by atoms with E-state index < -0.39 is 0 Å². The van der Waals surface area contributed by atoms with Crippen LogP contribution in [0.25, 0.3) is 0 Å². The van der Waals surface area contributed by atoms with E-state index in [4.69, 9.17) is 4.74 Å². The van der Waals surface area contributed by atoms with Crippen LogP contribution in [-0.4, -0.2) is 20.9 Å². The first-order valence-corrected chi connectivity index (χ1v) is 11.2. The number of rotatable bonds is 8. The number of pyridine rings is 1. The van der Waals surface area contributed by atoms with Gasteiger partial charge in [-0.15, -0.1) is 0 Å². The summed E-state index contributed by atoms with van der Waals surface area (Å²) in [6, 6.07) is 31.2. The molecule has 0 saturated heterocycles. The highest BCUT2D eigenvalue weighted by atomic mass is 16.5. The smallest absolute Gasteiger partial charge is 0.259 e. The third kappa shape index (κ3) is 5.81. The van der Waals surface area contributed by atoms with Gasteiger partial charge in [-0.2, -0.15) is 0 Å². The monoisotopic (exact) mass is 474 g/mol. The van der Waals surface area contributed by atoms with Crippen molar-refractivity contribution in [2.45, 2.75) is 0 Å². The fourth-order valence-electron chi connectivity index (χ4n) is 3.40. The maximum absolute atomic E-state index is 13.0. The zero-order valence-electron chi connectivity index (χ0n) is 19.1. The third-order valence-corrected chi connectivity index (χ3v) is 5.11. The van der Waals surface area contributed by atoms with Gasteiger partial charge in [0, 0.05) is 23.6 Å². The van der Waals surface area contributed by atoms with Gasteiger partial charge in [0.15, 0.2) is 0 Å². The molecule has 0 bridgehead atoms. The number of benzene rings is 3. The van der Waals surface area contributed by atoms with Gasteiger partial charge in [-0.3, -0.25) is 4.79 Å². The van der Waals surface area contributed by atoms with E-state index in [1.54, 1.807) is 30.5 Å². The largest absolute Gasteiger partial charge is 0.457 e. The van der Waals surface area contributed by atoms with Crippen LogP contribution in [0, 0.1) is 0 Å². The van der Waals surface area contributed by atoms with Crippen molar-refractivity contribution in [3.8, 4) is 11.5 Å². The first-order chi connectivity index (χ1) is 17.7. The minimum Gasteiger partial charge on any atom is -0.457 e. The number of hydrogen-bond donors (Lipinski definition) is 3. The zero-order valence-corrected chi connectivity index (χ0v) is 19.1. The van der Waals surface area contributed by atoms with Crippen LogP contribution in [0.5, 0.6) is 11.5 Å². The second-order valence-electron chi connectivity index (χ2n) is 7.70. The normalized spacial score (nSPS) is 10.3. The predicted octanol–water partition coefficient (Wildman–Crippen LogP) is 6.40. The van der Waals surface area contributed by atoms with Crippen LogP contribution in [0.3, 0.4) is 0 Å². The SMILES string of the molecule is O=C(Nc1ccc(Nc2cc(Nc3ccccn3)ncn2)cc1)c1ccccc1Oc1ccccc1. The number of nitrogens with one attached hydrogen (secondary N) is 3. The Bertz CT molecular complexity index is 1440. The van der Waals surface area contributed by atoms with E-state index in [1.165, 1.54) is 6.33 Å². The Balaban J connectivity index is 1.23. The van der Waals surface area contributed by atoms with Crippen LogP contribution in [0.15, 0.2) is 116 Å². The number of carbonyl (C=O) groups is 1. The van der Waals surface area contributed by atoms with Gasteiger partial charge in [0.25, 0.3) is 5.91 Å². The van der Waals surface area contributed by atoms with Crippen LogP contribution < -0.4 is 20.7 Å². The second kappa shape index (κ2) is 10.8. The van der Waals surface area contributed by atoms with Gasteiger partial charge in [0.05, 0.1) is 5.56 Å². The molecule has 8 nitrogen and oxygen atoms in total. The van der Waals surface area contributed by atoms with Crippen LogP contribution >= 0.6 is 0 Å². The predicted molar refractivity (Wildman–Crippen MR) is 140 cm³/mol. The summed E-state index contributed by atoms with van der Waals surface area (Å²) < 4.78 is 5.91. The lowest BCUT2D eigenvalue weighted by atomic mass is 10.1. The van der Waals surface area contributed by atoms with E-state index in [-0.39, 0.29) is 5.91 Å². The van der Waals surface area contributed by atoms with E-state index in [2.05, 4.69) is 30.9 Å². The molecule has 36 heavy (non-hydrogen) atoms. The molecule has 5 aromatic rings. The Kier molecular flexibility index (Phi) is 6.76. The Morgan fingerprint density at radius 1 is 0.639 bits per heavy atom. The summed E-state index contributed by atoms with van der Waals surface area (Å²) in [5.41, 5.74) is 1.90. The average Bonchev–Trinajstić information content (AvgIpc) is 2.91. The molecule has 3 aromatic carbocycles. The molecular weight excluding hydrogens is 452 g/mol. The molecule has 176 valence electrons. The lowest BCUT2D eigenvalue weighted by Crippen LogP contribution is -2.13. The topological polar surface area (TPSA) is 101 Å². The summed E-state index contributed by atoms with van der Waals surface area (Å²) in [5, 5.41) is 9.29. The lowest BCUT2D eigenvalue weighted by molar-refractivity contribution is 0.102. The van der Waals surface area contributed by atoms with E-state index in [9.17, 15) is 4.79 Å². The fraction of sp³-hybridized carbons (Fsp3) is 0. The summed E-state index contributed by atoms with van der Waals surface area (Å²) in [6.07, 6.45) is 3.18. The van der Waals surface area contributed by atoms with Crippen LogP contribution in [0.1, 0.15) is 10.4 Å². The number of ether oxygens (including phenoxy) is 1. The van der Waals surface area contributed by atoms with E-state index >= 15 is 0 Å². The lowest BCUT2D eigenvalue weighted by Gasteiger charge is -2.12. The Hall–Kier alpha value is -5.24. The summed E-state index contributed by atoms with van der Waals surface area (Å²) in [5.74, 6) is 2.81. The van der Waals surface area contributed by atoms with Crippen molar-refractivity contribution in [3.63, 3.8) is 0 Å². The molecular formula is C28H22N6O2. The molecule has 2 heterocycles. The number of nitrogens with zero attached hydrogens (tertiary/aromatic N) is 3. The van der Waals surface area contributed by atoms with Crippen LogP contribution in [0.2, 0.25) is 0 Å². The molecule has 1 amide bonds. The highest BCUT2D eigenvalue weighted by Gasteiger charge is 2.13. The number of aromatic nitrogens is 3. The first-order valence-electron chi connectivity index (χ1n) is 11.2. The molecule has 0 aliphatic carbocycles. The minimum atomic E-state index is -0.261. The number of carbonyl (C=O) groups excluding carboxylic acids is 1. The molecule has 0 atom stereocenters. The van der Waals surface area contributed by atoms with Crippen molar-refractivity contribution in [1.82, 2.24) is 15.0 Å². The van der Waals surface area contributed by atoms with Gasteiger partial charge in [0.1, 0.15) is 35.3 Å². The molecule has 8 heteroatoms. The van der Waals surface area contributed by atoms with Crippen molar-refractivity contribution in [2.24, 2.45) is 0 Å². The molecule has 0 aliphatic heterocycles. The van der Waals surface area contributed by atoms with Crippen LogP contribution in [-0.2, 0) is 0 Å². The molecule has 5 rings (SSSR count). The number of para-hydroxylation sites is 2. The fourth-order valence-corrected chi connectivity index (χ4v) is 3.40. The zero-order chi connectivity index (χ0) is 24.6. The van der Waals surface area contributed by atoms with Gasteiger partial charge in [-0.05, 0) is 60.7 Å². The minimum absolute atomic E-state index is 0.261. The number of anilines is 5. The van der Waals surface area contributed by atoms with E-state index in [1.807, 2.05) is 78.9 Å². The molecule has 0 saturated carbocycles. The summed E-state index contributed by atoms with van der Waals surface area (Å²) >= 11 is 0. The first kappa shape index (κ1) is 22.5. The molecule has 0 unspecified atom stereocenters. The van der Waals surface area contributed by atoms with E-state index in [0.717, 1.165) is 5.69 Å². The van der Waals surface area contributed by atoms with Crippen LogP contribution in [0.4, 0.5) is 28.8 Å². The van der Waals surface area contributed by atoms with Crippen molar-refractivity contribution in [3.05, 3.63) is 121 Å². The van der Waals surface area contributed by atoms with Gasteiger partial charge >= 0.3 is 0 Å². The van der Waals surface area contributed by atoms with Gasteiger partial charge in [0.2, 0.25) is 0 Å². The molecule has 0 aliphatic rings. The Labute approximate surface area is 208 Å². The molecule has 0 spiro atoms. The maximum Gasteiger partial charge on any atom is 0.259 e. The summed E-state index contributed by atoms with van der Waals surface area (Å²) in [4.78, 5) is 25.7. The second-order valence-corrected chi connectivity index (χ2v) is 7.70. The van der Waals surface area contributed by atoms with Crippen molar-refractivity contribution < 1.29 is 9.53 Å². The Morgan fingerprint density at radius 3 is 2.11 bits per heavy atom. The van der Waals surface area contributed by atoms with Crippen molar-refractivity contribution in [1.29, 1.82) is 0 Å². The standard InChI is InChI=1S/C28H22N6O2/c35-28(23-10-4-5-11-24(23)36-22-8-2-1-3-9-22)33-21-15-13-20(14-16-21)32-26-18-27(31-19-30-26)34-25-12-6-7-17-29-25/h1-19H,(H,33,35)(H2,29,30,31,32,34). The van der Waals surface area contributed by atoms with E-state index in [0.29, 0.717) is 40.2 Å². The highest BCUT2D eigenvalue weighted by Crippen LogP contribution is 2.26. The number of amides is 1. The van der Waals surface area contributed by atoms with Gasteiger partial charge in [-0.1, -0.05) is 36.4 Å². The third-order valence-electron chi connectivity index (χ3n) is 5.11. The summed E-state index contributed by atoms with van der Waals surface area (Å²) in [7, 11) is 0. The quantitative estimate of drug-likeness (QED) is 0.239. The van der Waals surface area contributed by atoms with Gasteiger partial charge < -0.3 is 20.7 Å². The number of hydrogen-bond acceptors (Lipinski definition) is 7. The maximum atomic E-state index is 13.0. The van der Waals surface area contributed by atoms with Crippen molar-refractivity contribution in [2.75, 3.05) is 16.0 Å². The molecule has 0 radical (unpaired) electrons. The highest BCUT2D eigenvalue weighted by molar-refractivity contribution is 6.06. The average molecular weight is 475 g/mol. The molecule has 2 aromatic heterocycles.